The van der Waals surface area contributed by atoms with Crippen LogP contribution >= 0.6 is 0 Å². The van der Waals surface area contributed by atoms with Crippen molar-refractivity contribution in [2.24, 2.45) is 4.99 Å². The van der Waals surface area contributed by atoms with E-state index in [0.717, 1.165) is 37.5 Å². The molecule has 0 radical (unpaired) electrons. The van der Waals surface area contributed by atoms with Crippen molar-refractivity contribution in [3.05, 3.63) is 70.3 Å². The van der Waals surface area contributed by atoms with Crippen LogP contribution in [0.1, 0.15) is 32.6 Å². The van der Waals surface area contributed by atoms with E-state index in [4.69, 9.17) is 0 Å². The summed E-state index contributed by atoms with van der Waals surface area (Å²) in [5, 5.41) is 9.34. The van der Waals surface area contributed by atoms with Gasteiger partial charge in [0.25, 0.3) is 5.91 Å². The lowest BCUT2D eigenvalue weighted by atomic mass is 10.0. The van der Waals surface area contributed by atoms with Crippen LogP contribution in [0.2, 0.25) is 0 Å². The second kappa shape index (κ2) is 10.4. The third-order valence-corrected chi connectivity index (χ3v) is 4.53. The summed E-state index contributed by atoms with van der Waals surface area (Å²) in [6, 6.07) is 14.3. The van der Waals surface area contributed by atoms with Gasteiger partial charge in [-0.25, -0.2) is 0 Å². The number of guanidine groups is 1. The van der Waals surface area contributed by atoms with Gasteiger partial charge in [0.1, 0.15) is 0 Å². The Hall–Kier alpha value is -2.82. The molecule has 0 aliphatic carbocycles. The highest BCUT2D eigenvalue weighted by atomic mass is 16.1. The van der Waals surface area contributed by atoms with Gasteiger partial charge in [-0.3, -0.25) is 9.79 Å². The fourth-order valence-electron chi connectivity index (χ4n) is 3.00. The van der Waals surface area contributed by atoms with Crippen LogP contribution in [-0.4, -0.2) is 39.1 Å². The van der Waals surface area contributed by atoms with Crippen LogP contribution in [0.25, 0.3) is 0 Å². The molecule has 0 spiro atoms. The lowest BCUT2D eigenvalue weighted by Gasteiger charge is -2.13. The van der Waals surface area contributed by atoms with E-state index in [9.17, 15) is 4.79 Å². The van der Waals surface area contributed by atoms with E-state index in [1.54, 1.807) is 14.1 Å². The van der Waals surface area contributed by atoms with Gasteiger partial charge in [0.15, 0.2) is 5.96 Å². The Bertz CT molecular complexity index is 799. The highest BCUT2D eigenvalue weighted by Gasteiger charge is 2.04. The summed E-state index contributed by atoms with van der Waals surface area (Å²) in [5.74, 6) is 0.732. The van der Waals surface area contributed by atoms with E-state index >= 15 is 0 Å². The molecule has 2 rings (SSSR count). The third-order valence-electron chi connectivity index (χ3n) is 4.53. The van der Waals surface area contributed by atoms with Crippen molar-refractivity contribution in [2.75, 3.05) is 27.2 Å². The number of carbonyl (C=O) groups excluding carboxylic acids is 1. The summed E-state index contributed by atoms with van der Waals surface area (Å²) in [6.45, 7) is 5.85. The molecule has 5 nitrogen and oxygen atoms in total. The molecule has 0 saturated carbocycles. The van der Waals surface area contributed by atoms with Gasteiger partial charge in [-0.15, -0.1) is 0 Å². The molecule has 144 valence electrons. The monoisotopic (exact) mass is 366 g/mol. The minimum Gasteiger partial charge on any atom is -0.356 e. The van der Waals surface area contributed by atoms with Gasteiger partial charge in [0.2, 0.25) is 0 Å². The zero-order chi connectivity index (χ0) is 19.6. The highest BCUT2D eigenvalue weighted by molar-refractivity contribution is 5.94. The Balaban J connectivity index is 1.78. The predicted octanol–water partition coefficient (Wildman–Crippen LogP) is 2.61. The van der Waals surface area contributed by atoms with E-state index in [-0.39, 0.29) is 5.91 Å². The van der Waals surface area contributed by atoms with Crippen molar-refractivity contribution in [2.45, 2.75) is 26.7 Å². The normalized spacial score (nSPS) is 11.2. The second-order valence-electron chi connectivity index (χ2n) is 6.64. The van der Waals surface area contributed by atoms with Crippen LogP contribution in [0.15, 0.2) is 47.5 Å². The Morgan fingerprint density at radius 3 is 2.41 bits per heavy atom. The van der Waals surface area contributed by atoms with Crippen molar-refractivity contribution in [3.8, 4) is 0 Å². The molecule has 0 unspecified atom stereocenters. The standard InChI is InChI=1S/C22H30N4O/c1-16-8-9-19(17(2)14-16)11-13-26-22(24-4)25-12-10-18-6-5-7-20(15-18)21(27)23-3/h5-9,14-15H,10-13H2,1-4H3,(H,23,27)(H2,24,25,26). The smallest absolute Gasteiger partial charge is 0.251 e. The zero-order valence-corrected chi connectivity index (χ0v) is 16.7. The third kappa shape index (κ3) is 6.44. The number of amides is 1. The average molecular weight is 367 g/mol. The average Bonchev–Trinajstić information content (AvgIpc) is 2.68. The first-order valence-electron chi connectivity index (χ1n) is 9.35. The molecule has 0 aliphatic rings. The number of rotatable bonds is 7. The first-order chi connectivity index (χ1) is 13.0. The van der Waals surface area contributed by atoms with Crippen molar-refractivity contribution in [3.63, 3.8) is 0 Å². The van der Waals surface area contributed by atoms with Crippen molar-refractivity contribution >= 4 is 11.9 Å². The Morgan fingerprint density at radius 2 is 1.74 bits per heavy atom. The number of carbonyl (C=O) groups is 1. The van der Waals surface area contributed by atoms with Gasteiger partial charge < -0.3 is 16.0 Å². The maximum absolute atomic E-state index is 11.7. The number of aryl methyl sites for hydroxylation is 2. The molecule has 0 aromatic heterocycles. The Morgan fingerprint density at radius 1 is 1.00 bits per heavy atom. The molecule has 5 heteroatoms. The quantitative estimate of drug-likeness (QED) is 0.521. The van der Waals surface area contributed by atoms with Gasteiger partial charge >= 0.3 is 0 Å². The van der Waals surface area contributed by atoms with E-state index in [0.29, 0.717) is 5.56 Å². The highest BCUT2D eigenvalue weighted by Crippen LogP contribution is 2.10. The lowest BCUT2D eigenvalue weighted by Crippen LogP contribution is -2.39. The molecule has 0 heterocycles. The minimum atomic E-state index is -0.0614. The Kier molecular flexibility index (Phi) is 7.86. The van der Waals surface area contributed by atoms with E-state index in [1.165, 1.54) is 16.7 Å². The largest absolute Gasteiger partial charge is 0.356 e. The van der Waals surface area contributed by atoms with Crippen LogP contribution in [0.5, 0.6) is 0 Å². The molecular weight excluding hydrogens is 336 g/mol. The second-order valence-corrected chi connectivity index (χ2v) is 6.64. The summed E-state index contributed by atoms with van der Waals surface area (Å²) < 4.78 is 0. The van der Waals surface area contributed by atoms with Crippen LogP contribution < -0.4 is 16.0 Å². The number of benzene rings is 2. The van der Waals surface area contributed by atoms with Crippen molar-refractivity contribution < 1.29 is 4.79 Å². The summed E-state index contributed by atoms with van der Waals surface area (Å²) in [7, 11) is 3.42. The van der Waals surface area contributed by atoms with Crippen molar-refractivity contribution in [1.82, 2.24) is 16.0 Å². The number of nitrogens with zero attached hydrogens (tertiary/aromatic N) is 1. The van der Waals surface area contributed by atoms with Gasteiger partial charge in [0, 0.05) is 32.7 Å². The summed E-state index contributed by atoms with van der Waals surface area (Å²) in [6.07, 6.45) is 1.78. The lowest BCUT2D eigenvalue weighted by molar-refractivity contribution is 0.0963. The number of aliphatic imine (C=N–C) groups is 1. The molecular formula is C22H30N4O. The molecule has 27 heavy (non-hydrogen) atoms. The van der Waals surface area contributed by atoms with Gasteiger partial charge in [-0.2, -0.15) is 0 Å². The topological polar surface area (TPSA) is 65.5 Å². The summed E-state index contributed by atoms with van der Waals surface area (Å²) in [5.41, 5.74) is 5.78. The molecule has 3 N–H and O–H groups in total. The molecule has 2 aromatic carbocycles. The summed E-state index contributed by atoms with van der Waals surface area (Å²) >= 11 is 0. The molecule has 0 saturated heterocycles. The summed E-state index contributed by atoms with van der Waals surface area (Å²) in [4.78, 5) is 16.0. The van der Waals surface area contributed by atoms with Crippen LogP contribution in [0.3, 0.4) is 0 Å². The van der Waals surface area contributed by atoms with Gasteiger partial charge in [-0.05, 0) is 55.5 Å². The fraction of sp³-hybridized carbons (Fsp3) is 0.364. The maximum atomic E-state index is 11.7. The van der Waals surface area contributed by atoms with E-state index < -0.39 is 0 Å². The molecule has 0 atom stereocenters. The van der Waals surface area contributed by atoms with Crippen LogP contribution in [0.4, 0.5) is 0 Å². The first kappa shape index (κ1) is 20.5. The van der Waals surface area contributed by atoms with Gasteiger partial charge in [-0.1, -0.05) is 35.9 Å². The molecule has 1 amide bonds. The molecule has 0 fully saturated rings. The van der Waals surface area contributed by atoms with E-state index in [1.807, 2.05) is 24.3 Å². The molecule has 2 aromatic rings. The number of nitrogens with one attached hydrogen (secondary N) is 3. The van der Waals surface area contributed by atoms with Gasteiger partial charge in [0.05, 0.1) is 0 Å². The molecule has 0 aliphatic heterocycles. The predicted molar refractivity (Wildman–Crippen MR) is 113 cm³/mol. The number of hydrogen-bond donors (Lipinski definition) is 3. The number of hydrogen-bond acceptors (Lipinski definition) is 2. The SMILES string of the molecule is CN=C(NCCc1cccc(C(=O)NC)c1)NCCc1ccc(C)cc1C. The molecule has 0 bridgehead atoms. The fourth-order valence-corrected chi connectivity index (χ4v) is 3.00. The maximum Gasteiger partial charge on any atom is 0.251 e. The first-order valence-corrected chi connectivity index (χ1v) is 9.35. The minimum absolute atomic E-state index is 0.0614. The Labute approximate surface area is 162 Å². The van der Waals surface area contributed by atoms with Crippen molar-refractivity contribution in [1.29, 1.82) is 0 Å². The van der Waals surface area contributed by atoms with Crippen LogP contribution in [-0.2, 0) is 12.8 Å². The van der Waals surface area contributed by atoms with E-state index in [2.05, 4.69) is 53.0 Å². The van der Waals surface area contributed by atoms with Crippen LogP contribution in [0, 0.1) is 13.8 Å². The zero-order valence-electron chi connectivity index (χ0n) is 16.7.